The number of ether oxygens (including phenoxy) is 1. The first kappa shape index (κ1) is 22.7. The number of carbonyl (C=O) groups is 1. The fraction of sp³-hybridized carbons (Fsp3) is 0.450. The molecule has 1 heterocycles. The van der Waals surface area contributed by atoms with Crippen LogP contribution in [0.25, 0.3) is 0 Å². The molecule has 158 valence electrons. The SMILES string of the molecule is CC(C)Cn1c(N)c(C(=O)CN(C)CCOc2ccc(Cl)cc2)c(=O)n(C)c1=O. The van der Waals surface area contributed by atoms with E-state index in [1.807, 2.05) is 13.8 Å². The first-order valence-electron chi connectivity index (χ1n) is 9.31. The summed E-state index contributed by atoms with van der Waals surface area (Å²) in [6.45, 7) is 4.96. The number of aromatic nitrogens is 2. The lowest BCUT2D eigenvalue weighted by Gasteiger charge is -2.19. The number of Topliss-reactive ketones (excluding diaryl/α,β-unsaturated/α-hetero) is 1. The van der Waals surface area contributed by atoms with Gasteiger partial charge in [0.05, 0.1) is 6.54 Å². The van der Waals surface area contributed by atoms with Crippen LogP contribution in [0.5, 0.6) is 5.75 Å². The maximum Gasteiger partial charge on any atom is 0.332 e. The highest BCUT2D eigenvalue weighted by atomic mass is 35.5. The van der Waals surface area contributed by atoms with Crippen molar-refractivity contribution in [1.82, 2.24) is 14.0 Å². The maximum absolute atomic E-state index is 12.8. The van der Waals surface area contributed by atoms with E-state index >= 15 is 0 Å². The summed E-state index contributed by atoms with van der Waals surface area (Å²) in [5, 5.41) is 0.623. The molecule has 0 aliphatic rings. The molecule has 0 saturated carbocycles. The molecule has 2 N–H and O–H groups in total. The summed E-state index contributed by atoms with van der Waals surface area (Å²) in [6.07, 6.45) is 0. The minimum atomic E-state index is -0.677. The molecule has 0 aliphatic carbocycles. The zero-order chi connectivity index (χ0) is 21.7. The second-order valence-corrected chi connectivity index (χ2v) is 7.81. The molecule has 0 bridgehead atoms. The number of anilines is 1. The highest BCUT2D eigenvalue weighted by molar-refractivity contribution is 6.30. The van der Waals surface area contributed by atoms with Crippen molar-refractivity contribution in [2.45, 2.75) is 20.4 Å². The van der Waals surface area contributed by atoms with Gasteiger partial charge in [0, 0.05) is 25.2 Å². The second-order valence-electron chi connectivity index (χ2n) is 7.37. The van der Waals surface area contributed by atoms with Crippen molar-refractivity contribution in [1.29, 1.82) is 0 Å². The van der Waals surface area contributed by atoms with Gasteiger partial charge in [0.1, 0.15) is 23.7 Å². The van der Waals surface area contributed by atoms with Gasteiger partial charge < -0.3 is 10.5 Å². The Morgan fingerprint density at radius 1 is 1.24 bits per heavy atom. The molecule has 8 nitrogen and oxygen atoms in total. The molecular formula is C20H27ClN4O4. The Kier molecular flexibility index (Phi) is 7.64. The largest absolute Gasteiger partial charge is 0.492 e. The van der Waals surface area contributed by atoms with Crippen LogP contribution < -0.4 is 21.7 Å². The van der Waals surface area contributed by atoms with E-state index in [2.05, 4.69) is 0 Å². The van der Waals surface area contributed by atoms with E-state index in [0.29, 0.717) is 30.5 Å². The van der Waals surface area contributed by atoms with Gasteiger partial charge in [-0.1, -0.05) is 25.4 Å². The molecule has 0 spiro atoms. The van der Waals surface area contributed by atoms with Crippen LogP contribution in [-0.2, 0) is 13.6 Å². The number of rotatable bonds is 9. The molecule has 2 rings (SSSR count). The molecule has 1 aromatic heterocycles. The number of ketones is 1. The van der Waals surface area contributed by atoms with Gasteiger partial charge >= 0.3 is 5.69 Å². The minimum Gasteiger partial charge on any atom is -0.492 e. The van der Waals surface area contributed by atoms with Crippen LogP contribution in [0.4, 0.5) is 5.82 Å². The third-order valence-corrected chi connectivity index (χ3v) is 4.63. The van der Waals surface area contributed by atoms with Gasteiger partial charge in [0.2, 0.25) is 0 Å². The number of benzene rings is 1. The van der Waals surface area contributed by atoms with E-state index in [9.17, 15) is 14.4 Å². The average Bonchev–Trinajstić information content (AvgIpc) is 2.65. The van der Waals surface area contributed by atoms with Gasteiger partial charge in [-0.05, 0) is 37.2 Å². The van der Waals surface area contributed by atoms with E-state index in [0.717, 1.165) is 4.57 Å². The topological polar surface area (TPSA) is 99.6 Å². The van der Waals surface area contributed by atoms with Crippen LogP contribution in [0.1, 0.15) is 24.2 Å². The number of carbonyl (C=O) groups excluding carboxylic acids is 1. The summed E-state index contributed by atoms with van der Waals surface area (Å²) in [4.78, 5) is 39.3. The number of nitrogen functional groups attached to an aromatic ring is 1. The summed E-state index contributed by atoms with van der Waals surface area (Å²) in [5.74, 6) is 0.286. The summed E-state index contributed by atoms with van der Waals surface area (Å²) in [7, 11) is 3.09. The summed E-state index contributed by atoms with van der Waals surface area (Å²) < 4.78 is 7.82. The quantitative estimate of drug-likeness (QED) is 0.616. The van der Waals surface area contributed by atoms with Crippen molar-refractivity contribution < 1.29 is 9.53 Å². The average molecular weight is 423 g/mol. The summed E-state index contributed by atoms with van der Waals surface area (Å²) in [5.41, 5.74) is 4.68. The fourth-order valence-electron chi connectivity index (χ4n) is 2.84. The third kappa shape index (κ3) is 5.71. The lowest BCUT2D eigenvalue weighted by atomic mass is 10.1. The molecule has 0 aliphatic heterocycles. The Balaban J connectivity index is 2.09. The zero-order valence-electron chi connectivity index (χ0n) is 17.1. The van der Waals surface area contributed by atoms with Crippen molar-refractivity contribution in [3.8, 4) is 5.75 Å². The van der Waals surface area contributed by atoms with Crippen molar-refractivity contribution in [2.75, 3.05) is 32.5 Å². The van der Waals surface area contributed by atoms with Crippen LogP contribution >= 0.6 is 11.6 Å². The van der Waals surface area contributed by atoms with Gasteiger partial charge in [-0.25, -0.2) is 4.79 Å². The van der Waals surface area contributed by atoms with E-state index in [1.54, 1.807) is 36.2 Å². The number of hydrogen-bond donors (Lipinski definition) is 1. The molecule has 9 heteroatoms. The molecule has 0 radical (unpaired) electrons. The Morgan fingerprint density at radius 3 is 2.45 bits per heavy atom. The summed E-state index contributed by atoms with van der Waals surface area (Å²) in [6, 6.07) is 6.98. The van der Waals surface area contributed by atoms with Gasteiger partial charge in [-0.2, -0.15) is 0 Å². The minimum absolute atomic E-state index is 0.0245. The molecule has 0 saturated heterocycles. The van der Waals surface area contributed by atoms with Crippen molar-refractivity contribution in [3.05, 3.63) is 55.7 Å². The third-order valence-electron chi connectivity index (χ3n) is 4.38. The number of likely N-dealkylation sites (N-methyl/N-ethyl adjacent to an activating group) is 1. The van der Waals surface area contributed by atoms with E-state index in [1.165, 1.54) is 11.6 Å². The van der Waals surface area contributed by atoms with Crippen LogP contribution in [-0.4, -0.2) is 46.6 Å². The molecule has 0 amide bonds. The molecule has 0 atom stereocenters. The van der Waals surface area contributed by atoms with Crippen molar-refractivity contribution in [2.24, 2.45) is 13.0 Å². The maximum atomic E-state index is 12.8. The standard InChI is InChI=1S/C20H27ClN4O4/c1-13(2)11-25-18(22)17(19(27)24(4)20(25)28)16(26)12-23(3)9-10-29-15-7-5-14(21)6-8-15/h5-8,13H,9-12,22H2,1-4H3. The first-order chi connectivity index (χ1) is 13.6. The molecule has 2 aromatic rings. The van der Waals surface area contributed by atoms with Crippen LogP contribution in [0.3, 0.4) is 0 Å². The van der Waals surface area contributed by atoms with Gasteiger partial charge in [0.25, 0.3) is 5.56 Å². The van der Waals surface area contributed by atoms with Gasteiger partial charge in [-0.15, -0.1) is 0 Å². The Morgan fingerprint density at radius 2 is 1.86 bits per heavy atom. The molecule has 0 unspecified atom stereocenters. The predicted octanol–water partition coefficient (Wildman–Crippen LogP) is 1.63. The lowest BCUT2D eigenvalue weighted by molar-refractivity contribution is 0.0936. The number of nitrogens with zero attached hydrogens (tertiary/aromatic N) is 3. The predicted molar refractivity (Wildman–Crippen MR) is 114 cm³/mol. The van der Waals surface area contributed by atoms with Crippen LogP contribution in [0.2, 0.25) is 5.02 Å². The summed E-state index contributed by atoms with van der Waals surface area (Å²) >= 11 is 5.84. The molecule has 29 heavy (non-hydrogen) atoms. The van der Waals surface area contributed by atoms with E-state index in [4.69, 9.17) is 22.1 Å². The number of nitrogens with two attached hydrogens (primary N) is 1. The van der Waals surface area contributed by atoms with Crippen LogP contribution in [0, 0.1) is 5.92 Å². The zero-order valence-corrected chi connectivity index (χ0v) is 17.9. The lowest BCUT2D eigenvalue weighted by Crippen LogP contribution is -2.44. The Hall–Kier alpha value is -2.58. The van der Waals surface area contributed by atoms with Gasteiger partial charge in [0.15, 0.2) is 5.78 Å². The normalized spacial score (nSPS) is 11.3. The number of halogens is 1. The molecule has 1 aromatic carbocycles. The Bertz CT molecular complexity index is 980. The fourth-order valence-corrected chi connectivity index (χ4v) is 2.97. The Labute approximate surface area is 174 Å². The van der Waals surface area contributed by atoms with E-state index < -0.39 is 17.0 Å². The molecule has 0 fully saturated rings. The monoisotopic (exact) mass is 422 g/mol. The highest BCUT2D eigenvalue weighted by Crippen LogP contribution is 2.15. The van der Waals surface area contributed by atoms with Crippen molar-refractivity contribution in [3.63, 3.8) is 0 Å². The van der Waals surface area contributed by atoms with Crippen molar-refractivity contribution >= 4 is 23.2 Å². The first-order valence-corrected chi connectivity index (χ1v) is 9.69. The van der Waals surface area contributed by atoms with Gasteiger partial charge in [-0.3, -0.25) is 23.6 Å². The smallest absolute Gasteiger partial charge is 0.332 e. The van der Waals surface area contributed by atoms with Crippen LogP contribution in [0.15, 0.2) is 33.9 Å². The second kappa shape index (κ2) is 9.76. The highest BCUT2D eigenvalue weighted by Gasteiger charge is 2.22. The molecular weight excluding hydrogens is 396 g/mol. The van der Waals surface area contributed by atoms with E-state index in [-0.39, 0.29) is 23.8 Å². The number of hydrogen-bond acceptors (Lipinski definition) is 6.